The number of benzene rings is 1. The number of esters is 1. The molecule has 1 saturated heterocycles. The van der Waals surface area contributed by atoms with Crippen LogP contribution in [-0.2, 0) is 14.3 Å². The summed E-state index contributed by atoms with van der Waals surface area (Å²) in [5.74, 6) is -0.0418. The number of nitrogens with zero attached hydrogens (tertiary/aromatic N) is 1. The molecule has 0 aromatic heterocycles. The molecule has 0 aliphatic carbocycles. The summed E-state index contributed by atoms with van der Waals surface area (Å²) < 4.78 is 5.07. The van der Waals surface area contributed by atoms with Crippen LogP contribution in [0.2, 0.25) is 0 Å². The number of anilines is 2. The van der Waals surface area contributed by atoms with Gasteiger partial charge in [0.2, 0.25) is 6.41 Å². The summed E-state index contributed by atoms with van der Waals surface area (Å²) in [5, 5.41) is 2.61. The average Bonchev–Trinajstić information content (AvgIpc) is 2.49. The smallest absolute Gasteiger partial charge is 0.309 e. The molecule has 20 heavy (non-hydrogen) atoms. The molecule has 1 fully saturated rings. The Bertz CT molecular complexity index is 451. The molecule has 0 spiro atoms. The van der Waals surface area contributed by atoms with Gasteiger partial charge in [0.15, 0.2) is 0 Å². The summed E-state index contributed by atoms with van der Waals surface area (Å²) in [7, 11) is 0. The normalized spacial score (nSPS) is 15.8. The molecule has 108 valence electrons. The number of rotatable bonds is 5. The Hall–Kier alpha value is -2.04. The lowest BCUT2D eigenvalue weighted by molar-refractivity contribution is -0.148. The molecule has 1 aliphatic heterocycles. The third-order valence-electron chi connectivity index (χ3n) is 3.57. The van der Waals surface area contributed by atoms with E-state index in [0.717, 1.165) is 37.3 Å². The zero-order valence-electron chi connectivity index (χ0n) is 11.7. The zero-order valence-corrected chi connectivity index (χ0v) is 11.7. The molecular formula is C15H20N2O3. The van der Waals surface area contributed by atoms with Gasteiger partial charge in [-0.3, -0.25) is 9.59 Å². The monoisotopic (exact) mass is 276 g/mol. The first-order chi connectivity index (χ1) is 9.74. The second kappa shape index (κ2) is 6.93. The Morgan fingerprint density at radius 2 is 2.00 bits per heavy atom. The van der Waals surface area contributed by atoms with Gasteiger partial charge in [-0.05, 0) is 44.0 Å². The topological polar surface area (TPSA) is 58.6 Å². The van der Waals surface area contributed by atoms with E-state index in [1.54, 1.807) is 0 Å². The molecule has 5 heteroatoms. The van der Waals surface area contributed by atoms with Crippen LogP contribution >= 0.6 is 0 Å². The van der Waals surface area contributed by atoms with Crippen LogP contribution in [0.25, 0.3) is 0 Å². The maximum absolute atomic E-state index is 11.7. The molecule has 1 aliphatic rings. The van der Waals surface area contributed by atoms with E-state index in [1.165, 1.54) is 0 Å². The number of carbonyl (C=O) groups is 2. The molecule has 1 heterocycles. The van der Waals surface area contributed by atoms with Crippen LogP contribution in [0.1, 0.15) is 19.8 Å². The number of piperidine rings is 1. The molecule has 0 atom stereocenters. The van der Waals surface area contributed by atoms with Crippen molar-refractivity contribution in [2.45, 2.75) is 19.8 Å². The van der Waals surface area contributed by atoms with Crippen molar-refractivity contribution in [1.29, 1.82) is 0 Å². The Kier molecular flexibility index (Phi) is 4.98. The van der Waals surface area contributed by atoms with E-state index >= 15 is 0 Å². The SMILES string of the molecule is CCOC(=O)C1CCN(c2ccc(NC=O)cc2)CC1. The maximum atomic E-state index is 11.7. The molecule has 1 aromatic rings. The lowest BCUT2D eigenvalue weighted by atomic mass is 9.96. The predicted molar refractivity (Wildman–Crippen MR) is 77.7 cm³/mol. The third-order valence-corrected chi connectivity index (χ3v) is 3.57. The third kappa shape index (κ3) is 3.50. The van der Waals surface area contributed by atoms with Crippen molar-refractivity contribution in [3.05, 3.63) is 24.3 Å². The van der Waals surface area contributed by atoms with Crippen LogP contribution in [0.5, 0.6) is 0 Å². The summed E-state index contributed by atoms with van der Waals surface area (Å²) in [4.78, 5) is 24.3. The lowest BCUT2D eigenvalue weighted by Gasteiger charge is -2.32. The summed E-state index contributed by atoms with van der Waals surface area (Å²) in [6, 6.07) is 7.72. The Morgan fingerprint density at radius 3 is 2.55 bits per heavy atom. The summed E-state index contributed by atoms with van der Waals surface area (Å²) >= 11 is 0. The molecule has 0 saturated carbocycles. The van der Waals surface area contributed by atoms with Crippen LogP contribution in [-0.4, -0.2) is 32.1 Å². The largest absolute Gasteiger partial charge is 0.466 e. The van der Waals surface area contributed by atoms with Crippen LogP contribution in [0, 0.1) is 5.92 Å². The van der Waals surface area contributed by atoms with Gasteiger partial charge in [0.25, 0.3) is 0 Å². The minimum atomic E-state index is -0.0716. The van der Waals surface area contributed by atoms with Crippen molar-refractivity contribution in [2.75, 3.05) is 29.9 Å². The van der Waals surface area contributed by atoms with Crippen molar-refractivity contribution < 1.29 is 14.3 Å². The van der Waals surface area contributed by atoms with E-state index in [2.05, 4.69) is 10.2 Å². The number of nitrogens with one attached hydrogen (secondary N) is 1. The van der Waals surface area contributed by atoms with Gasteiger partial charge in [-0.1, -0.05) is 0 Å². The molecule has 1 amide bonds. The molecular weight excluding hydrogens is 256 g/mol. The molecule has 0 unspecified atom stereocenters. The van der Waals surface area contributed by atoms with Crippen molar-refractivity contribution in [2.24, 2.45) is 5.92 Å². The second-order valence-corrected chi connectivity index (χ2v) is 4.82. The van der Waals surface area contributed by atoms with Gasteiger partial charge in [0.05, 0.1) is 12.5 Å². The first kappa shape index (κ1) is 14.4. The average molecular weight is 276 g/mol. The van der Waals surface area contributed by atoms with Crippen LogP contribution in [0.3, 0.4) is 0 Å². The quantitative estimate of drug-likeness (QED) is 0.660. The zero-order chi connectivity index (χ0) is 14.4. The van der Waals surface area contributed by atoms with E-state index in [9.17, 15) is 9.59 Å². The van der Waals surface area contributed by atoms with E-state index in [-0.39, 0.29) is 11.9 Å². The number of hydrogen-bond donors (Lipinski definition) is 1. The second-order valence-electron chi connectivity index (χ2n) is 4.82. The number of carbonyl (C=O) groups excluding carboxylic acids is 2. The minimum Gasteiger partial charge on any atom is -0.466 e. The van der Waals surface area contributed by atoms with Crippen molar-refractivity contribution >= 4 is 23.8 Å². The highest BCUT2D eigenvalue weighted by atomic mass is 16.5. The van der Waals surface area contributed by atoms with Crippen molar-refractivity contribution in [1.82, 2.24) is 0 Å². The fraction of sp³-hybridized carbons (Fsp3) is 0.467. The standard InChI is InChI=1S/C15H20N2O3/c1-2-20-15(19)12-7-9-17(10-8-12)14-5-3-13(4-6-14)16-11-18/h3-6,11-12H,2,7-10H2,1H3,(H,16,18). The van der Waals surface area contributed by atoms with E-state index in [4.69, 9.17) is 4.74 Å². The van der Waals surface area contributed by atoms with E-state index < -0.39 is 0 Å². The first-order valence-corrected chi connectivity index (χ1v) is 6.96. The predicted octanol–water partition coefficient (Wildman–Crippen LogP) is 2.03. The highest BCUT2D eigenvalue weighted by molar-refractivity contribution is 5.73. The van der Waals surface area contributed by atoms with E-state index in [0.29, 0.717) is 13.0 Å². The molecule has 2 rings (SSSR count). The van der Waals surface area contributed by atoms with Gasteiger partial charge in [-0.25, -0.2) is 0 Å². The summed E-state index contributed by atoms with van der Waals surface area (Å²) in [6.45, 7) is 3.99. The number of hydrogen-bond acceptors (Lipinski definition) is 4. The fourth-order valence-electron chi connectivity index (χ4n) is 2.47. The highest BCUT2D eigenvalue weighted by Crippen LogP contribution is 2.25. The van der Waals surface area contributed by atoms with Gasteiger partial charge in [-0.2, -0.15) is 0 Å². The van der Waals surface area contributed by atoms with Crippen LogP contribution in [0.15, 0.2) is 24.3 Å². The van der Waals surface area contributed by atoms with Crippen LogP contribution < -0.4 is 10.2 Å². The van der Waals surface area contributed by atoms with E-state index in [1.807, 2.05) is 31.2 Å². The molecule has 1 aromatic carbocycles. The van der Waals surface area contributed by atoms with Crippen molar-refractivity contribution in [3.8, 4) is 0 Å². The fourth-order valence-corrected chi connectivity index (χ4v) is 2.47. The summed E-state index contributed by atoms with van der Waals surface area (Å²) in [6.07, 6.45) is 2.32. The van der Waals surface area contributed by atoms with Gasteiger partial charge in [0, 0.05) is 24.5 Å². The van der Waals surface area contributed by atoms with Gasteiger partial charge in [-0.15, -0.1) is 0 Å². The number of ether oxygens (including phenoxy) is 1. The minimum absolute atomic E-state index is 0.0298. The molecule has 1 N–H and O–H groups in total. The van der Waals surface area contributed by atoms with Crippen molar-refractivity contribution in [3.63, 3.8) is 0 Å². The number of amides is 1. The molecule has 0 bridgehead atoms. The Balaban J connectivity index is 1.90. The highest BCUT2D eigenvalue weighted by Gasteiger charge is 2.25. The Labute approximate surface area is 118 Å². The molecule has 5 nitrogen and oxygen atoms in total. The van der Waals surface area contributed by atoms with Gasteiger partial charge >= 0.3 is 5.97 Å². The lowest BCUT2D eigenvalue weighted by Crippen LogP contribution is -2.36. The van der Waals surface area contributed by atoms with Crippen LogP contribution in [0.4, 0.5) is 11.4 Å². The molecule has 0 radical (unpaired) electrons. The summed E-state index contributed by atoms with van der Waals surface area (Å²) in [5.41, 5.74) is 1.90. The van der Waals surface area contributed by atoms with Gasteiger partial charge < -0.3 is 15.0 Å². The maximum Gasteiger partial charge on any atom is 0.309 e. The van der Waals surface area contributed by atoms with Gasteiger partial charge in [0.1, 0.15) is 0 Å². The Morgan fingerprint density at radius 1 is 1.35 bits per heavy atom. The first-order valence-electron chi connectivity index (χ1n) is 6.96.